The van der Waals surface area contributed by atoms with E-state index in [9.17, 15) is 0 Å². The van der Waals surface area contributed by atoms with Crippen molar-refractivity contribution >= 4 is 17.4 Å². The molecular weight excluding hydrogens is 246 g/mol. The van der Waals surface area contributed by atoms with Gasteiger partial charge in [-0.2, -0.15) is 0 Å². The summed E-state index contributed by atoms with van der Waals surface area (Å²) >= 11 is 6.03. The highest BCUT2D eigenvalue weighted by atomic mass is 35.5. The topological polar surface area (TPSA) is 37.8 Å². The Morgan fingerprint density at radius 1 is 1.39 bits per heavy atom. The summed E-state index contributed by atoms with van der Waals surface area (Å²) in [5.41, 5.74) is 0. The van der Waals surface area contributed by atoms with Gasteiger partial charge in [-0.15, -0.1) is 0 Å². The fourth-order valence-electron chi connectivity index (χ4n) is 2.55. The fraction of sp³-hybridized carbons (Fsp3) is 0.714. The van der Waals surface area contributed by atoms with Crippen LogP contribution in [0.5, 0.6) is 0 Å². The monoisotopic (exact) mass is 267 g/mol. The summed E-state index contributed by atoms with van der Waals surface area (Å²) in [4.78, 5) is 8.75. The maximum Gasteiger partial charge on any atom is 0.135 e. The van der Waals surface area contributed by atoms with Crippen molar-refractivity contribution in [3.05, 3.63) is 17.0 Å². The Kier molecular flexibility index (Phi) is 4.44. The van der Waals surface area contributed by atoms with Crippen molar-refractivity contribution in [2.45, 2.75) is 46.0 Å². The minimum absolute atomic E-state index is 0.301. The number of nitrogens with zero attached hydrogens (tertiary/aromatic N) is 2. The van der Waals surface area contributed by atoms with Gasteiger partial charge in [-0.25, -0.2) is 9.97 Å². The first-order chi connectivity index (χ1) is 8.56. The Morgan fingerprint density at radius 3 is 2.78 bits per heavy atom. The minimum Gasteiger partial charge on any atom is -0.370 e. The van der Waals surface area contributed by atoms with Crippen molar-refractivity contribution in [1.82, 2.24) is 9.97 Å². The molecule has 0 aromatic carbocycles. The highest BCUT2D eigenvalue weighted by Gasteiger charge is 2.23. The lowest BCUT2D eigenvalue weighted by molar-refractivity contribution is 0.439. The van der Waals surface area contributed by atoms with E-state index in [-0.39, 0.29) is 0 Å². The zero-order valence-corrected chi connectivity index (χ0v) is 12.2. The summed E-state index contributed by atoms with van der Waals surface area (Å²) in [6.07, 6.45) is 4.04. The molecule has 0 aliphatic heterocycles. The third-order valence-electron chi connectivity index (χ3n) is 3.81. The van der Waals surface area contributed by atoms with Crippen LogP contribution in [0.3, 0.4) is 0 Å². The SMILES string of the molecule is CC(C)c1nc(Cl)cc(NCC2CCCC2C)n1. The Morgan fingerprint density at radius 2 is 2.17 bits per heavy atom. The van der Waals surface area contributed by atoms with Crippen molar-refractivity contribution in [3.63, 3.8) is 0 Å². The van der Waals surface area contributed by atoms with Gasteiger partial charge >= 0.3 is 0 Å². The number of anilines is 1. The summed E-state index contributed by atoms with van der Waals surface area (Å²) in [5.74, 6) is 3.55. The summed E-state index contributed by atoms with van der Waals surface area (Å²) in [5, 5.41) is 3.94. The number of nitrogens with one attached hydrogen (secondary N) is 1. The summed E-state index contributed by atoms with van der Waals surface area (Å²) in [6, 6.07) is 1.81. The molecule has 2 unspecified atom stereocenters. The predicted molar refractivity (Wildman–Crippen MR) is 76.1 cm³/mol. The molecule has 18 heavy (non-hydrogen) atoms. The molecule has 0 saturated heterocycles. The predicted octanol–water partition coefficient (Wildman–Crippen LogP) is 4.10. The van der Waals surface area contributed by atoms with E-state index >= 15 is 0 Å². The molecule has 1 aliphatic rings. The van der Waals surface area contributed by atoms with Crippen LogP contribution in [0.2, 0.25) is 5.15 Å². The standard InChI is InChI=1S/C14H22ClN3/c1-9(2)14-17-12(15)7-13(18-14)16-8-11-6-4-5-10(11)3/h7,9-11H,4-6,8H2,1-3H3,(H,16,17,18). The highest BCUT2D eigenvalue weighted by Crippen LogP contribution is 2.31. The van der Waals surface area contributed by atoms with Gasteiger partial charge in [0, 0.05) is 18.5 Å². The molecule has 0 spiro atoms. The van der Waals surface area contributed by atoms with Crippen LogP contribution in [0.4, 0.5) is 5.82 Å². The van der Waals surface area contributed by atoms with Crippen molar-refractivity contribution in [2.75, 3.05) is 11.9 Å². The quantitative estimate of drug-likeness (QED) is 0.835. The average molecular weight is 268 g/mol. The number of hydrogen-bond donors (Lipinski definition) is 1. The zero-order chi connectivity index (χ0) is 13.1. The van der Waals surface area contributed by atoms with Crippen molar-refractivity contribution in [3.8, 4) is 0 Å². The normalized spacial score (nSPS) is 23.6. The summed E-state index contributed by atoms with van der Waals surface area (Å²) in [6.45, 7) is 7.49. The Labute approximate surface area is 114 Å². The number of aromatic nitrogens is 2. The zero-order valence-electron chi connectivity index (χ0n) is 11.4. The molecule has 0 amide bonds. The van der Waals surface area contributed by atoms with Crippen LogP contribution in [0.1, 0.15) is 51.8 Å². The second kappa shape index (κ2) is 5.87. The van der Waals surface area contributed by atoms with Gasteiger partial charge in [0.25, 0.3) is 0 Å². The van der Waals surface area contributed by atoms with Crippen LogP contribution in [0.25, 0.3) is 0 Å². The molecular formula is C14H22ClN3. The molecule has 2 rings (SSSR count). The van der Waals surface area contributed by atoms with E-state index in [1.165, 1.54) is 19.3 Å². The van der Waals surface area contributed by atoms with Crippen LogP contribution >= 0.6 is 11.6 Å². The Balaban J connectivity index is 2.00. The van der Waals surface area contributed by atoms with Crippen LogP contribution in [-0.4, -0.2) is 16.5 Å². The first kappa shape index (κ1) is 13.6. The van der Waals surface area contributed by atoms with Gasteiger partial charge in [0.2, 0.25) is 0 Å². The van der Waals surface area contributed by atoms with Gasteiger partial charge in [-0.1, -0.05) is 45.2 Å². The lowest BCUT2D eigenvalue weighted by atomic mass is 9.98. The molecule has 4 heteroatoms. The third kappa shape index (κ3) is 3.35. The fourth-order valence-corrected chi connectivity index (χ4v) is 2.74. The van der Waals surface area contributed by atoms with Crippen LogP contribution in [0.15, 0.2) is 6.07 Å². The van der Waals surface area contributed by atoms with Gasteiger partial charge in [0.05, 0.1) is 0 Å². The van der Waals surface area contributed by atoms with Crippen molar-refractivity contribution < 1.29 is 0 Å². The lowest BCUT2D eigenvalue weighted by Gasteiger charge is -2.17. The highest BCUT2D eigenvalue weighted by molar-refractivity contribution is 6.29. The molecule has 1 fully saturated rings. The minimum atomic E-state index is 0.301. The summed E-state index contributed by atoms with van der Waals surface area (Å²) < 4.78 is 0. The van der Waals surface area contributed by atoms with E-state index < -0.39 is 0 Å². The molecule has 1 N–H and O–H groups in total. The smallest absolute Gasteiger partial charge is 0.135 e. The maximum absolute atomic E-state index is 6.03. The van der Waals surface area contributed by atoms with Gasteiger partial charge in [0.1, 0.15) is 16.8 Å². The van der Waals surface area contributed by atoms with E-state index in [2.05, 4.69) is 36.1 Å². The largest absolute Gasteiger partial charge is 0.370 e. The number of halogens is 1. The van der Waals surface area contributed by atoms with Gasteiger partial charge < -0.3 is 5.32 Å². The molecule has 0 radical (unpaired) electrons. The van der Waals surface area contributed by atoms with E-state index in [4.69, 9.17) is 11.6 Å². The van der Waals surface area contributed by atoms with Gasteiger partial charge in [0.15, 0.2) is 0 Å². The van der Waals surface area contributed by atoms with Crippen molar-refractivity contribution in [2.24, 2.45) is 11.8 Å². The van der Waals surface area contributed by atoms with E-state index in [1.54, 1.807) is 0 Å². The molecule has 1 saturated carbocycles. The number of hydrogen-bond acceptors (Lipinski definition) is 3. The average Bonchev–Trinajstić information content (AvgIpc) is 2.71. The number of rotatable bonds is 4. The van der Waals surface area contributed by atoms with Gasteiger partial charge in [-0.05, 0) is 18.3 Å². The molecule has 2 atom stereocenters. The first-order valence-corrected chi connectivity index (χ1v) is 7.22. The molecule has 0 bridgehead atoms. The maximum atomic E-state index is 6.03. The second-order valence-corrected chi connectivity index (χ2v) is 6.03. The molecule has 3 nitrogen and oxygen atoms in total. The molecule has 1 aliphatic carbocycles. The van der Waals surface area contributed by atoms with Gasteiger partial charge in [-0.3, -0.25) is 0 Å². The van der Waals surface area contributed by atoms with Crippen LogP contribution in [-0.2, 0) is 0 Å². The molecule has 1 aromatic rings. The molecule has 1 aromatic heterocycles. The Bertz CT molecular complexity index is 406. The van der Waals surface area contributed by atoms with E-state index in [0.717, 1.165) is 30.0 Å². The van der Waals surface area contributed by atoms with E-state index in [1.807, 2.05) is 6.07 Å². The second-order valence-electron chi connectivity index (χ2n) is 5.64. The van der Waals surface area contributed by atoms with Crippen LogP contribution in [0, 0.1) is 11.8 Å². The third-order valence-corrected chi connectivity index (χ3v) is 4.01. The van der Waals surface area contributed by atoms with Crippen molar-refractivity contribution in [1.29, 1.82) is 0 Å². The lowest BCUT2D eigenvalue weighted by Crippen LogP contribution is -2.17. The first-order valence-electron chi connectivity index (χ1n) is 6.84. The molecule has 1 heterocycles. The molecule has 100 valence electrons. The Hall–Kier alpha value is -0.830. The van der Waals surface area contributed by atoms with Crippen LogP contribution < -0.4 is 5.32 Å². The van der Waals surface area contributed by atoms with E-state index in [0.29, 0.717) is 11.1 Å². The summed E-state index contributed by atoms with van der Waals surface area (Å²) in [7, 11) is 0.